The summed E-state index contributed by atoms with van der Waals surface area (Å²) in [6, 6.07) is 14.7. The molecule has 1 aliphatic rings. The summed E-state index contributed by atoms with van der Waals surface area (Å²) in [6.45, 7) is 2.41. The third kappa shape index (κ3) is 8.09. The minimum Gasteiger partial charge on any atom is -0.501 e. The van der Waals surface area contributed by atoms with E-state index in [-0.39, 0.29) is 23.9 Å². The Kier molecular flexibility index (Phi) is 9.73. The molecule has 0 aliphatic carbocycles. The summed E-state index contributed by atoms with van der Waals surface area (Å²) in [5.74, 6) is -4.33. The Balaban J connectivity index is 0.000000532. The van der Waals surface area contributed by atoms with Crippen molar-refractivity contribution in [2.45, 2.75) is 18.8 Å². The maximum absolute atomic E-state index is 13.1. The SMILES string of the molecule is O=C(NCc1ccc(F)cc1)c1nc(C(c2ccccc2)N2CCOCC2)[nH]c(=O)c1O.O=C(O)C(F)(F)F. The van der Waals surface area contributed by atoms with Crippen LogP contribution in [-0.4, -0.2) is 69.4 Å². The quantitative estimate of drug-likeness (QED) is 0.342. The molecule has 2 aromatic carbocycles. The number of nitrogens with zero attached hydrogens (tertiary/aromatic N) is 2. The van der Waals surface area contributed by atoms with Gasteiger partial charge in [0.05, 0.1) is 19.3 Å². The Morgan fingerprint density at radius 3 is 2.23 bits per heavy atom. The lowest BCUT2D eigenvalue weighted by Crippen LogP contribution is -2.41. The van der Waals surface area contributed by atoms with E-state index in [0.717, 1.165) is 5.56 Å². The number of carboxylic acid groups (broad SMARTS) is 1. The minimum absolute atomic E-state index is 0.0912. The highest BCUT2D eigenvalue weighted by Crippen LogP contribution is 2.27. The molecule has 14 heteroatoms. The van der Waals surface area contributed by atoms with Crippen LogP contribution in [0.3, 0.4) is 0 Å². The van der Waals surface area contributed by atoms with Gasteiger partial charge in [0.1, 0.15) is 11.6 Å². The number of amides is 1. The lowest BCUT2D eigenvalue weighted by molar-refractivity contribution is -0.192. The predicted molar refractivity (Wildman–Crippen MR) is 128 cm³/mol. The van der Waals surface area contributed by atoms with Crippen LogP contribution in [0.4, 0.5) is 17.6 Å². The molecule has 1 aromatic heterocycles. The lowest BCUT2D eigenvalue weighted by Gasteiger charge is -2.34. The van der Waals surface area contributed by atoms with E-state index in [9.17, 15) is 32.3 Å². The van der Waals surface area contributed by atoms with Gasteiger partial charge in [0.25, 0.3) is 11.5 Å². The first-order valence-corrected chi connectivity index (χ1v) is 11.5. The molecule has 1 atom stereocenters. The molecule has 0 saturated carbocycles. The number of morpholine rings is 1. The van der Waals surface area contributed by atoms with Crippen LogP contribution in [0, 0.1) is 5.82 Å². The van der Waals surface area contributed by atoms with Crippen LogP contribution in [-0.2, 0) is 16.1 Å². The topological polar surface area (TPSA) is 145 Å². The van der Waals surface area contributed by atoms with Gasteiger partial charge in [-0.3, -0.25) is 14.5 Å². The number of hydrogen-bond donors (Lipinski definition) is 4. The molecule has 1 aliphatic heterocycles. The predicted octanol–water partition coefficient (Wildman–Crippen LogP) is 2.60. The number of ether oxygens (including phenoxy) is 1. The van der Waals surface area contributed by atoms with E-state index < -0.39 is 35.4 Å². The number of halogens is 4. The number of carbonyl (C=O) groups is 2. The van der Waals surface area contributed by atoms with E-state index in [1.54, 1.807) is 0 Å². The van der Waals surface area contributed by atoms with Gasteiger partial charge in [-0.15, -0.1) is 0 Å². The van der Waals surface area contributed by atoms with Gasteiger partial charge >= 0.3 is 12.1 Å². The standard InChI is InChI=1S/C23H23FN4O4.C2HF3O2/c24-17-8-6-15(7-9-17)14-25-22(30)18-20(29)23(31)27-21(26-18)19(16-4-2-1-3-5-16)28-10-12-32-13-11-28;3-2(4,5)1(6)7/h1-9,19,29H,10-14H2,(H,25,30)(H,26,27,31);(H,6,7). The number of H-pyrrole nitrogens is 1. The molecule has 1 amide bonds. The highest BCUT2D eigenvalue weighted by molar-refractivity contribution is 5.94. The normalized spacial score (nSPS) is 14.6. The van der Waals surface area contributed by atoms with Gasteiger partial charge in [0.15, 0.2) is 5.69 Å². The Morgan fingerprint density at radius 1 is 1.08 bits per heavy atom. The van der Waals surface area contributed by atoms with E-state index in [2.05, 4.69) is 20.2 Å². The van der Waals surface area contributed by atoms with Gasteiger partial charge < -0.3 is 25.3 Å². The monoisotopic (exact) mass is 552 g/mol. The van der Waals surface area contributed by atoms with Crippen LogP contribution in [0.15, 0.2) is 59.4 Å². The number of aromatic hydroxyl groups is 1. The fraction of sp³-hybridized carbons (Fsp3) is 0.280. The summed E-state index contributed by atoms with van der Waals surface area (Å²) in [7, 11) is 0. The number of nitrogens with one attached hydrogen (secondary N) is 2. The highest BCUT2D eigenvalue weighted by atomic mass is 19.4. The number of rotatable bonds is 6. The molecule has 3 aromatic rings. The number of benzene rings is 2. The Bertz CT molecular complexity index is 1330. The first-order chi connectivity index (χ1) is 18.5. The summed E-state index contributed by atoms with van der Waals surface area (Å²) >= 11 is 0. The first-order valence-electron chi connectivity index (χ1n) is 11.5. The van der Waals surface area contributed by atoms with E-state index in [4.69, 9.17) is 14.6 Å². The molecule has 208 valence electrons. The molecule has 39 heavy (non-hydrogen) atoms. The molecule has 2 heterocycles. The van der Waals surface area contributed by atoms with Crippen molar-refractivity contribution in [2.24, 2.45) is 0 Å². The van der Waals surface area contributed by atoms with Crippen LogP contribution in [0.1, 0.15) is 33.5 Å². The Labute approximate surface area is 218 Å². The second-order valence-corrected chi connectivity index (χ2v) is 8.22. The molecule has 0 bridgehead atoms. The first kappa shape index (κ1) is 29.3. The van der Waals surface area contributed by atoms with E-state index >= 15 is 0 Å². The second-order valence-electron chi connectivity index (χ2n) is 8.22. The van der Waals surface area contributed by atoms with Crippen LogP contribution in [0.2, 0.25) is 0 Å². The number of carbonyl (C=O) groups excluding carboxylic acids is 1. The zero-order chi connectivity index (χ0) is 28.6. The summed E-state index contributed by atoms with van der Waals surface area (Å²) < 4.78 is 50.3. The molecule has 1 fully saturated rings. The van der Waals surface area contributed by atoms with Gasteiger partial charge in [-0.2, -0.15) is 13.2 Å². The van der Waals surface area contributed by atoms with Gasteiger partial charge in [-0.1, -0.05) is 42.5 Å². The van der Waals surface area contributed by atoms with Gasteiger partial charge in [-0.05, 0) is 23.3 Å². The molecule has 1 saturated heterocycles. The summed E-state index contributed by atoms with van der Waals surface area (Å²) in [4.78, 5) is 43.2. The van der Waals surface area contributed by atoms with Gasteiger partial charge in [0.2, 0.25) is 5.75 Å². The molecule has 1 unspecified atom stereocenters. The van der Waals surface area contributed by atoms with Crippen molar-refractivity contribution in [1.82, 2.24) is 20.2 Å². The fourth-order valence-electron chi connectivity index (χ4n) is 3.65. The Hall–Kier alpha value is -4.30. The minimum atomic E-state index is -5.08. The lowest BCUT2D eigenvalue weighted by atomic mass is 10.0. The largest absolute Gasteiger partial charge is 0.501 e. The number of hydrogen-bond acceptors (Lipinski definition) is 7. The number of aromatic nitrogens is 2. The van der Waals surface area contributed by atoms with Crippen molar-refractivity contribution >= 4 is 11.9 Å². The van der Waals surface area contributed by atoms with Crippen molar-refractivity contribution in [3.05, 3.63) is 93.4 Å². The van der Waals surface area contributed by atoms with E-state index in [1.807, 2.05) is 30.3 Å². The van der Waals surface area contributed by atoms with Crippen molar-refractivity contribution in [1.29, 1.82) is 0 Å². The van der Waals surface area contributed by atoms with Gasteiger partial charge in [0, 0.05) is 19.6 Å². The maximum atomic E-state index is 13.1. The molecule has 10 nitrogen and oxygen atoms in total. The number of carboxylic acids is 1. The van der Waals surface area contributed by atoms with Crippen LogP contribution in [0.25, 0.3) is 0 Å². The molecular formula is C25H24F4N4O6. The fourth-order valence-corrected chi connectivity index (χ4v) is 3.65. The van der Waals surface area contributed by atoms with Gasteiger partial charge in [-0.25, -0.2) is 14.2 Å². The average molecular weight is 552 g/mol. The van der Waals surface area contributed by atoms with E-state index in [1.165, 1.54) is 24.3 Å². The van der Waals surface area contributed by atoms with Crippen molar-refractivity contribution in [2.75, 3.05) is 26.3 Å². The zero-order valence-corrected chi connectivity index (χ0v) is 20.2. The average Bonchev–Trinajstić information content (AvgIpc) is 2.91. The number of alkyl halides is 3. The third-order valence-electron chi connectivity index (χ3n) is 5.52. The Morgan fingerprint density at radius 2 is 1.67 bits per heavy atom. The van der Waals surface area contributed by atoms with Crippen LogP contribution in [0.5, 0.6) is 5.75 Å². The van der Waals surface area contributed by atoms with Crippen molar-refractivity contribution < 1.29 is 42.1 Å². The summed E-state index contributed by atoms with van der Waals surface area (Å²) in [5, 5.41) is 20.0. The number of aromatic amines is 1. The molecule has 4 N–H and O–H groups in total. The third-order valence-corrected chi connectivity index (χ3v) is 5.52. The van der Waals surface area contributed by atoms with Crippen molar-refractivity contribution in [3.8, 4) is 5.75 Å². The molecule has 0 radical (unpaired) electrons. The molecular weight excluding hydrogens is 528 g/mol. The molecule has 4 rings (SSSR count). The van der Waals surface area contributed by atoms with Crippen LogP contribution >= 0.6 is 0 Å². The van der Waals surface area contributed by atoms with Crippen LogP contribution < -0.4 is 10.9 Å². The number of aliphatic carboxylic acids is 1. The summed E-state index contributed by atoms with van der Waals surface area (Å²) in [6.07, 6.45) is -5.08. The highest BCUT2D eigenvalue weighted by Gasteiger charge is 2.38. The smallest absolute Gasteiger partial charge is 0.490 e. The van der Waals surface area contributed by atoms with Crippen molar-refractivity contribution in [3.63, 3.8) is 0 Å². The zero-order valence-electron chi connectivity index (χ0n) is 20.2. The van der Waals surface area contributed by atoms with E-state index in [0.29, 0.717) is 31.9 Å². The maximum Gasteiger partial charge on any atom is 0.490 e. The summed E-state index contributed by atoms with van der Waals surface area (Å²) in [5.41, 5.74) is 0.400. The second kappa shape index (κ2) is 13.0. The molecule has 0 spiro atoms.